The van der Waals surface area contributed by atoms with Gasteiger partial charge in [0.1, 0.15) is 5.75 Å². The number of carbonyl (C=O) groups excluding carboxylic acids is 1. The van der Waals surface area contributed by atoms with E-state index in [0.717, 1.165) is 24.2 Å². The van der Waals surface area contributed by atoms with E-state index in [1.807, 2.05) is 43.3 Å². The number of aryl methyl sites for hydroxylation is 1. The summed E-state index contributed by atoms with van der Waals surface area (Å²) in [4.78, 5) is 14.3. The highest BCUT2D eigenvalue weighted by Crippen LogP contribution is 2.14. The third kappa shape index (κ3) is 5.62. The second-order valence-electron chi connectivity index (χ2n) is 6.07. The van der Waals surface area contributed by atoms with Crippen LogP contribution in [0.15, 0.2) is 53.6 Å². The lowest BCUT2D eigenvalue weighted by Gasteiger charge is -2.20. The standard InChI is InChI=1S/C21H27N3O2/c1-5-24(6-2)19-11-9-18(10-12-19)15-22-23-21(25)17(4)26-20-13-7-16(3)8-14-20/h7-15,17H,5-6H2,1-4H3,(H,23,25)/t17-/m1/s1. The number of amides is 1. The number of nitrogens with zero attached hydrogens (tertiary/aromatic N) is 2. The second-order valence-corrected chi connectivity index (χ2v) is 6.07. The number of hydrogen-bond donors (Lipinski definition) is 1. The molecule has 138 valence electrons. The van der Waals surface area contributed by atoms with Gasteiger partial charge < -0.3 is 9.64 Å². The molecule has 0 saturated heterocycles. The molecule has 0 bridgehead atoms. The minimum atomic E-state index is -0.625. The molecule has 0 aliphatic heterocycles. The monoisotopic (exact) mass is 353 g/mol. The highest BCUT2D eigenvalue weighted by Gasteiger charge is 2.13. The molecule has 0 heterocycles. The first-order valence-corrected chi connectivity index (χ1v) is 8.94. The van der Waals surface area contributed by atoms with E-state index < -0.39 is 6.10 Å². The summed E-state index contributed by atoms with van der Waals surface area (Å²) < 4.78 is 5.61. The second kappa shape index (κ2) is 9.61. The van der Waals surface area contributed by atoms with Gasteiger partial charge in [-0.25, -0.2) is 5.43 Å². The van der Waals surface area contributed by atoms with Crippen molar-refractivity contribution in [2.24, 2.45) is 5.10 Å². The van der Waals surface area contributed by atoms with Gasteiger partial charge in [0, 0.05) is 18.8 Å². The van der Waals surface area contributed by atoms with Crippen molar-refractivity contribution in [3.63, 3.8) is 0 Å². The number of nitrogens with one attached hydrogen (secondary N) is 1. The van der Waals surface area contributed by atoms with Crippen molar-refractivity contribution in [2.75, 3.05) is 18.0 Å². The normalized spacial score (nSPS) is 12.0. The molecular weight excluding hydrogens is 326 g/mol. The zero-order chi connectivity index (χ0) is 18.9. The maximum atomic E-state index is 12.1. The maximum Gasteiger partial charge on any atom is 0.280 e. The van der Waals surface area contributed by atoms with Gasteiger partial charge in [-0.15, -0.1) is 0 Å². The molecule has 1 atom stereocenters. The first kappa shape index (κ1) is 19.5. The largest absolute Gasteiger partial charge is 0.481 e. The van der Waals surface area contributed by atoms with Crippen LogP contribution in [0.5, 0.6) is 5.75 Å². The lowest BCUT2D eigenvalue weighted by Crippen LogP contribution is -2.33. The molecular formula is C21H27N3O2. The Bertz CT molecular complexity index is 720. The zero-order valence-corrected chi connectivity index (χ0v) is 15.9. The summed E-state index contributed by atoms with van der Waals surface area (Å²) in [5, 5.41) is 4.02. The molecule has 2 aromatic rings. The van der Waals surface area contributed by atoms with Gasteiger partial charge in [-0.3, -0.25) is 4.79 Å². The molecule has 0 aromatic heterocycles. The van der Waals surface area contributed by atoms with Gasteiger partial charge in [0.25, 0.3) is 5.91 Å². The smallest absolute Gasteiger partial charge is 0.280 e. The highest BCUT2D eigenvalue weighted by molar-refractivity contribution is 5.84. The minimum Gasteiger partial charge on any atom is -0.481 e. The van der Waals surface area contributed by atoms with Crippen LogP contribution in [0.4, 0.5) is 5.69 Å². The van der Waals surface area contributed by atoms with Gasteiger partial charge in [0.15, 0.2) is 6.10 Å². The minimum absolute atomic E-state index is 0.290. The van der Waals surface area contributed by atoms with Crippen LogP contribution in [0.2, 0.25) is 0 Å². The molecule has 2 aromatic carbocycles. The average molecular weight is 353 g/mol. The lowest BCUT2D eigenvalue weighted by molar-refractivity contribution is -0.127. The summed E-state index contributed by atoms with van der Waals surface area (Å²) >= 11 is 0. The average Bonchev–Trinajstić information content (AvgIpc) is 2.65. The Morgan fingerprint density at radius 1 is 1.12 bits per heavy atom. The molecule has 1 N–H and O–H groups in total. The van der Waals surface area contributed by atoms with Crippen LogP contribution in [0.1, 0.15) is 31.9 Å². The van der Waals surface area contributed by atoms with Crippen molar-refractivity contribution in [3.05, 3.63) is 59.7 Å². The fourth-order valence-corrected chi connectivity index (χ4v) is 2.50. The summed E-state index contributed by atoms with van der Waals surface area (Å²) in [6.07, 6.45) is 1.00. The summed E-state index contributed by atoms with van der Waals surface area (Å²) in [6.45, 7) is 9.91. The van der Waals surface area contributed by atoms with Gasteiger partial charge >= 0.3 is 0 Å². The Labute approximate surface area is 155 Å². The Balaban J connectivity index is 1.86. The molecule has 1 amide bonds. The van der Waals surface area contributed by atoms with E-state index in [4.69, 9.17) is 4.74 Å². The maximum absolute atomic E-state index is 12.1. The molecule has 0 saturated carbocycles. The van der Waals surface area contributed by atoms with E-state index in [1.54, 1.807) is 13.1 Å². The summed E-state index contributed by atoms with van der Waals surface area (Å²) in [5.41, 5.74) is 5.76. The molecule has 2 rings (SSSR count). The molecule has 5 nitrogen and oxygen atoms in total. The topological polar surface area (TPSA) is 53.9 Å². The van der Waals surface area contributed by atoms with Crippen molar-refractivity contribution < 1.29 is 9.53 Å². The van der Waals surface area contributed by atoms with Gasteiger partial charge in [0.05, 0.1) is 6.21 Å². The molecule has 0 fully saturated rings. The molecule has 0 unspecified atom stereocenters. The van der Waals surface area contributed by atoms with Gasteiger partial charge in [0.2, 0.25) is 0 Å². The fourth-order valence-electron chi connectivity index (χ4n) is 2.50. The van der Waals surface area contributed by atoms with Crippen LogP contribution in [0.25, 0.3) is 0 Å². The van der Waals surface area contributed by atoms with E-state index in [0.29, 0.717) is 5.75 Å². The van der Waals surface area contributed by atoms with E-state index in [-0.39, 0.29) is 5.91 Å². The van der Waals surface area contributed by atoms with Crippen molar-refractivity contribution in [3.8, 4) is 5.75 Å². The first-order valence-electron chi connectivity index (χ1n) is 8.94. The molecule has 5 heteroatoms. The van der Waals surface area contributed by atoms with E-state index in [9.17, 15) is 4.79 Å². The quantitative estimate of drug-likeness (QED) is 0.581. The summed E-state index contributed by atoms with van der Waals surface area (Å²) in [7, 11) is 0. The van der Waals surface area contributed by atoms with Crippen molar-refractivity contribution in [2.45, 2.75) is 33.8 Å². The number of hydrazone groups is 1. The Morgan fingerprint density at radius 3 is 2.31 bits per heavy atom. The van der Waals surface area contributed by atoms with Crippen LogP contribution in [0.3, 0.4) is 0 Å². The predicted molar refractivity (Wildman–Crippen MR) is 107 cm³/mol. The number of ether oxygens (including phenoxy) is 1. The molecule has 0 aliphatic carbocycles. The lowest BCUT2D eigenvalue weighted by atomic mass is 10.2. The van der Waals surface area contributed by atoms with Crippen LogP contribution in [-0.4, -0.2) is 31.3 Å². The van der Waals surface area contributed by atoms with Crippen LogP contribution in [0, 0.1) is 6.92 Å². The van der Waals surface area contributed by atoms with Crippen molar-refractivity contribution in [1.82, 2.24) is 5.43 Å². The van der Waals surface area contributed by atoms with Gasteiger partial charge in [-0.1, -0.05) is 29.8 Å². The van der Waals surface area contributed by atoms with Crippen molar-refractivity contribution >= 4 is 17.8 Å². The third-order valence-corrected chi connectivity index (χ3v) is 4.11. The zero-order valence-electron chi connectivity index (χ0n) is 15.9. The number of hydrogen-bond acceptors (Lipinski definition) is 4. The van der Waals surface area contributed by atoms with Crippen LogP contribution in [-0.2, 0) is 4.79 Å². The summed E-state index contributed by atoms with van der Waals surface area (Å²) in [6, 6.07) is 15.7. The summed E-state index contributed by atoms with van der Waals surface area (Å²) in [5.74, 6) is 0.371. The predicted octanol–water partition coefficient (Wildman–Crippen LogP) is 3.76. The Hall–Kier alpha value is -2.82. The SMILES string of the molecule is CCN(CC)c1ccc(C=NNC(=O)[C@@H](C)Oc2ccc(C)cc2)cc1. The van der Waals surface area contributed by atoms with E-state index in [2.05, 4.69) is 41.4 Å². The molecule has 0 spiro atoms. The van der Waals surface area contributed by atoms with Gasteiger partial charge in [-0.2, -0.15) is 5.10 Å². The third-order valence-electron chi connectivity index (χ3n) is 4.11. The van der Waals surface area contributed by atoms with E-state index >= 15 is 0 Å². The molecule has 0 radical (unpaired) electrons. The number of rotatable bonds is 8. The molecule has 0 aliphatic rings. The van der Waals surface area contributed by atoms with E-state index in [1.165, 1.54) is 5.69 Å². The number of carbonyl (C=O) groups is 1. The van der Waals surface area contributed by atoms with Crippen LogP contribution < -0.4 is 15.1 Å². The fraction of sp³-hybridized carbons (Fsp3) is 0.333. The first-order chi connectivity index (χ1) is 12.5. The Kier molecular flexibility index (Phi) is 7.21. The number of anilines is 1. The van der Waals surface area contributed by atoms with Crippen molar-refractivity contribution in [1.29, 1.82) is 0 Å². The number of benzene rings is 2. The highest BCUT2D eigenvalue weighted by atomic mass is 16.5. The van der Waals surface area contributed by atoms with Gasteiger partial charge in [-0.05, 0) is 57.5 Å². The van der Waals surface area contributed by atoms with Crippen LogP contribution >= 0.6 is 0 Å². The molecule has 26 heavy (non-hydrogen) atoms. The Morgan fingerprint density at radius 2 is 1.73 bits per heavy atom.